The van der Waals surface area contributed by atoms with Gasteiger partial charge in [-0.05, 0) is 12.8 Å². The largest absolute Gasteiger partial charge is 0.478 e. The second-order valence-corrected chi connectivity index (χ2v) is 6.32. The van der Waals surface area contributed by atoms with Crippen molar-refractivity contribution in [1.82, 2.24) is 0 Å². The number of rotatable bonds is 16. The standard InChI is InChI=1S/C20H34O4/c1-2-3-4-5-6-7-8-9-10-11-12-13-14-15-16-18(20(23)24)17-19(21)22/h15-17H,2-14H2,1H3,(H,21,22)(H,23,24)/b16-15?,18-17-. The molecule has 0 aliphatic rings. The van der Waals surface area contributed by atoms with Gasteiger partial charge in [-0.2, -0.15) is 0 Å². The van der Waals surface area contributed by atoms with Gasteiger partial charge in [-0.1, -0.05) is 89.7 Å². The molecule has 0 bridgehead atoms. The molecule has 0 spiro atoms. The summed E-state index contributed by atoms with van der Waals surface area (Å²) in [7, 11) is 0. The van der Waals surface area contributed by atoms with Crippen LogP contribution in [-0.4, -0.2) is 22.2 Å². The lowest BCUT2D eigenvalue weighted by Gasteiger charge is -2.02. The molecule has 0 radical (unpaired) electrons. The van der Waals surface area contributed by atoms with Crippen molar-refractivity contribution in [3.05, 3.63) is 23.8 Å². The predicted molar refractivity (Wildman–Crippen MR) is 98.2 cm³/mol. The highest BCUT2D eigenvalue weighted by molar-refractivity contribution is 5.96. The van der Waals surface area contributed by atoms with Crippen molar-refractivity contribution in [3.8, 4) is 0 Å². The minimum atomic E-state index is -1.23. The summed E-state index contributed by atoms with van der Waals surface area (Å²) in [6, 6.07) is 0. The van der Waals surface area contributed by atoms with Crippen molar-refractivity contribution in [3.63, 3.8) is 0 Å². The minimum Gasteiger partial charge on any atom is -0.478 e. The summed E-state index contributed by atoms with van der Waals surface area (Å²) in [5, 5.41) is 17.4. The maximum Gasteiger partial charge on any atom is 0.335 e. The van der Waals surface area contributed by atoms with Crippen LogP contribution < -0.4 is 0 Å². The molecule has 0 aromatic carbocycles. The lowest BCUT2D eigenvalue weighted by molar-refractivity contribution is -0.134. The second kappa shape index (κ2) is 16.3. The van der Waals surface area contributed by atoms with E-state index in [-0.39, 0.29) is 5.57 Å². The molecule has 0 heterocycles. The van der Waals surface area contributed by atoms with Crippen molar-refractivity contribution in [2.45, 2.75) is 90.4 Å². The molecule has 0 fully saturated rings. The summed E-state index contributed by atoms with van der Waals surface area (Å²) in [5.41, 5.74) is -0.179. The molecule has 24 heavy (non-hydrogen) atoms. The van der Waals surface area contributed by atoms with Crippen LogP contribution in [0.4, 0.5) is 0 Å². The highest BCUT2D eigenvalue weighted by Gasteiger charge is 2.04. The van der Waals surface area contributed by atoms with E-state index < -0.39 is 11.9 Å². The monoisotopic (exact) mass is 338 g/mol. The SMILES string of the molecule is CCCCCCCCCCCCCCC=C/C(=C/C(=O)O)C(=O)O. The Kier molecular flexibility index (Phi) is 15.2. The first kappa shape index (κ1) is 22.4. The van der Waals surface area contributed by atoms with E-state index in [1.807, 2.05) is 0 Å². The van der Waals surface area contributed by atoms with Crippen LogP contribution in [0.15, 0.2) is 23.8 Å². The fourth-order valence-corrected chi connectivity index (χ4v) is 2.63. The zero-order valence-electron chi connectivity index (χ0n) is 15.1. The quantitative estimate of drug-likeness (QED) is 0.214. The smallest absolute Gasteiger partial charge is 0.335 e. The highest BCUT2D eigenvalue weighted by Crippen LogP contribution is 2.12. The van der Waals surface area contributed by atoms with E-state index in [9.17, 15) is 9.59 Å². The van der Waals surface area contributed by atoms with E-state index >= 15 is 0 Å². The van der Waals surface area contributed by atoms with Crippen LogP contribution in [-0.2, 0) is 9.59 Å². The van der Waals surface area contributed by atoms with Crippen molar-refractivity contribution >= 4 is 11.9 Å². The topological polar surface area (TPSA) is 74.6 Å². The highest BCUT2D eigenvalue weighted by atomic mass is 16.4. The molecule has 0 aliphatic carbocycles. The van der Waals surface area contributed by atoms with Crippen molar-refractivity contribution < 1.29 is 19.8 Å². The van der Waals surface area contributed by atoms with Gasteiger partial charge in [0.05, 0.1) is 5.57 Å². The first-order chi connectivity index (χ1) is 11.6. The van der Waals surface area contributed by atoms with Gasteiger partial charge in [-0.25, -0.2) is 9.59 Å². The lowest BCUT2D eigenvalue weighted by Crippen LogP contribution is -2.01. The normalized spacial score (nSPS) is 12.0. The molecule has 2 N–H and O–H groups in total. The summed E-state index contributed by atoms with van der Waals surface area (Å²) in [6.45, 7) is 2.24. The maximum absolute atomic E-state index is 10.8. The molecule has 0 saturated heterocycles. The van der Waals surface area contributed by atoms with Crippen LogP contribution in [0.1, 0.15) is 90.4 Å². The summed E-state index contributed by atoms with van der Waals surface area (Å²) in [5.74, 6) is -2.44. The number of allylic oxidation sites excluding steroid dienone is 1. The molecular formula is C20H34O4. The van der Waals surface area contributed by atoms with Gasteiger partial charge in [-0.3, -0.25) is 0 Å². The van der Waals surface area contributed by atoms with E-state index in [4.69, 9.17) is 10.2 Å². The fourth-order valence-electron chi connectivity index (χ4n) is 2.63. The molecule has 0 aliphatic heterocycles. The Balaban J connectivity index is 3.49. The predicted octanol–water partition coefficient (Wildman–Crippen LogP) is 5.73. The van der Waals surface area contributed by atoms with Crippen LogP contribution >= 0.6 is 0 Å². The molecule has 138 valence electrons. The van der Waals surface area contributed by atoms with Gasteiger partial charge in [-0.15, -0.1) is 0 Å². The van der Waals surface area contributed by atoms with Crippen LogP contribution in [0.2, 0.25) is 0 Å². The molecule has 0 aromatic heterocycles. The Labute approximate surface area is 146 Å². The molecule has 4 heteroatoms. The molecule has 0 rings (SSSR count). The van der Waals surface area contributed by atoms with Gasteiger partial charge in [0.25, 0.3) is 0 Å². The summed E-state index contributed by atoms with van der Waals surface area (Å²) < 4.78 is 0. The van der Waals surface area contributed by atoms with Crippen LogP contribution in [0.5, 0.6) is 0 Å². The van der Waals surface area contributed by atoms with Crippen LogP contribution in [0, 0.1) is 0 Å². The fraction of sp³-hybridized carbons (Fsp3) is 0.700. The summed E-state index contributed by atoms with van der Waals surface area (Å²) in [6.07, 6.45) is 20.2. The summed E-state index contributed by atoms with van der Waals surface area (Å²) in [4.78, 5) is 21.3. The van der Waals surface area contributed by atoms with E-state index in [2.05, 4.69) is 6.92 Å². The Bertz CT molecular complexity index is 396. The molecule has 0 aromatic rings. The third-order valence-corrected chi connectivity index (χ3v) is 4.05. The Morgan fingerprint density at radius 1 is 0.750 bits per heavy atom. The number of hydrogen-bond donors (Lipinski definition) is 2. The van der Waals surface area contributed by atoms with Gasteiger partial charge in [0, 0.05) is 6.08 Å². The van der Waals surface area contributed by atoms with Gasteiger partial charge >= 0.3 is 11.9 Å². The molecule has 0 amide bonds. The zero-order valence-corrected chi connectivity index (χ0v) is 15.1. The number of hydrogen-bond acceptors (Lipinski definition) is 2. The zero-order chi connectivity index (χ0) is 18.0. The van der Waals surface area contributed by atoms with E-state index in [0.29, 0.717) is 0 Å². The Hall–Kier alpha value is -1.58. The van der Waals surface area contributed by atoms with E-state index in [0.717, 1.165) is 25.3 Å². The number of aliphatic carboxylic acids is 2. The third-order valence-electron chi connectivity index (χ3n) is 4.05. The average Bonchev–Trinajstić information content (AvgIpc) is 2.53. The number of carboxylic acids is 2. The van der Waals surface area contributed by atoms with Crippen molar-refractivity contribution in [2.75, 3.05) is 0 Å². The average molecular weight is 338 g/mol. The third kappa shape index (κ3) is 15.3. The lowest BCUT2D eigenvalue weighted by atomic mass is 10.0. The first-order valence-corrected chi connectivity index (χ1v) is 9.42. The number of carboxylic acid groups (broad SMARTS) is 2. The van der Waals surface area contributed by atoms with Gasteiger partial charge in [0.15, 0.2) is 0 Å². The first-order valence-electron chi connectivity index (χ1n) is 9.42. The van der Waals surface area contributed by atoms with Crippen LogP contribution in [0.3, 0.4) is 0 Å². The van der Waals surface area contributed by atoms with E-state index in [1.165, 1.54) is 70.3 Å². The summed E-state index contributed by atoms with van der Waals surface area (Å²) >= 11 is 0. The van der Waals surface area contributed by atoms with Crippen LogP contribution in [0.25, 0.3) is 0 Å². The minimum absolute atomic E-state index is 0.179. The van der Waals surface area contributed by atoms with E-state index in [1.54, 1.807) is 6.08 Å². The Morgan fingerprint density at radius 3 is 1.62 bits per heavy atom. The number of carbonyl (C=O) groups is 2. The maximum atomic E-state index is 10.8. The van der Waals surface area contributed by atoms with Crippen molar-refractivity contribution in [2.24, 2.45) is 0 Å². The molecule has 0 saturated carbocycles. The Morgan fingerprint density at radius 2 is 1.21 bits per heavy atom. The van der Waals surface area contributed by atoms with Gasteiger partial charge in [0.1, 0.15) is 0 Å². The number of unbranched alkanes of at least 4 members (excludes halogenated alkanes) is 12. The van der Waals surface area contributed by atoms with Gasteiger partial charge in [0.2, 0.25) is 0 Å². The second-order valence-electron chi connectivity index (χ2n) is 6.32. The van der Waals surface area contributed by atoms with Crippen molar-refractivity contribution in [1.29, 1.82) is 0 Å². The van der Waals surface area contributed by atoms with Gasteiger partial charge < -0.3 is 10.2 Å². The molecular weight excluding hydrogens is 304 g/mol. The molecule has 0 atom stereocenters. The molecule has 4 nitrogen and oxygen atoms in total. The molecule has 0 unspecified atom stereocenters.